The maximum atomic E-state index is 6.11. The first-order valence-electron chi connectivity index (χ1n) is 9.46. The Morgan fingerprint density at radius 2 is 1.93 bits per heavy atom. The Labute approximate surface area is 170 Å². The molecule has 1 aliphatic rings. The molecule has 1 aromatic carbocycles. The van der Waals surface area contributed by atoms with Crippen molar-refractivity contribution in [2.24, 2.45) is 0 Å². The molecule has 3 heterocycles. The van der Waals surface area contributed by atoms with Gasteiger partial charge in [-0.2, -0.15) is 0 Å². The van der Waals surface area contributed by atoms with Crippen molar-refractivity contribution in [3.05, 3.63) is 53.8 Å². The monoisotopic (exact) mass is 397 g/mol. The maximum Gasteiger partial charge on any atom is 0.137 e. The number of imidazole rings is 1. The number of piperazine rings is 1. The molecule has 0 atom stereocenters. The van der Waals surface area contributed by atoms with E-state index in [0.717, 1.165) is 67.8 Å². The van der Waals surface area contributed by atoms with Gasteiger partial charge in [0.1, 0.15) is 11.6 Å². The normalized spacial score (nSPS) is 15.1. The van der Waals surface area contributed by atoms with Crippen LogP contribution >= 0.6 is 11.6 Å². The summed E-state index contributed by atoms with van der Waals surface area (Å²) in [5, 5.41) is 0.712. The second-order valence-corrected chi connectivity index (χ2v) is 7.32. The zero-order valence-electron chi connectivity index (χ0n) is 15.9. The van der Waals surface area contributed by atoms with E-state index in [9.17, 15) is 0 Å². The SMILES string of the molecule is COCCN1CCN(c2cc(-c3ncc(-c4cccc(Cl)c4)[nH]3)ccn2)CC1. The fourth-order valence-electron chi connectivity index (χ4n) is 3.43. The van der Waals surface area contributed by atoms with Crippen LogP contribution in [-0.4, -0.2) is 66.3 Å². The first-order valence-corrected chi connectivity index (χ1v) is 9.84. The number of halogens is 1. The number of methoxy groups -OCH3 is 1. The van der Waals surface area contributed by atoms with Crippen LogP contribution in [0.15, 0.2) is 48.8 Å². The third kappa shape index (κ3) is 4.35. The van der Waals surface area contributed by atoms with Crippen LogP contribution in [0, 0.1) is 0 Å². The molecule has 1 N–H and O–H groups in total. The molecule has 0 saturated carbocycles. The average Bonchev–Trinajstić information content (AvgIpc) is 3.23. The molecule has 6 nitrogen and oxygen atoms in total. The molecule has 0 unspecified atom stereocenters. The lowest BCUT2D eigenvalue weighted by Crippen LogP contribution is -2.47. The molecular weight excluding hydrogens is 374 g/mol. The molecule has 2 aromatic heterocycles. The van der Waals surface area contributed by atoms with Gasteiger partial charge in [0.2, 0.25) is 0 Å². The standard InChI is InChI=1S/C21H24ClN5O/c1-28-12-11-26-7-9-27(10-8-26)20-14-17(5-6-23-20)21-24-15-19(25-21)16-3-2-4-18(22)13-16/h2-6,13-15H,7-12H2,1H3,(H,24,25). The van der Waals surface area contributed by atoms with Crippen LogP contribution in [0.4, 0.5) is 5.82 Å². The molecule has 0 spiro atoms. The molecule has 0 aliphatic carbocycles. The highest BCUT2D eigenvalue weighted by molar-refractivity contribution is 6.30. The Morgan fingerprint density at radius 3 is 2.71 bits per heavy atom. The predicted octanol–water partition coefficient (Wildman–Crippen LogP) is 3.56. The minimum atomic E-state index is 0.712. The largest absolute Gasteiger partial charge is 0.383 e. The Morgan fingerprint density at radius 1 is 1.07 bits per heavy atom. The summed E-state index contributed by atoms with van der Waals surface area (Å²) in [5.74, 6) is 1.82. The number of aromatic nitrogens is 3. The molecule has 7 heteroatoms. The van der Waals surface area contributed by atoms with Gasteiger partial charge in [-0.3, -0.25) is 4.90 Å². The van der Waals surface area contributed by atoms with E-state index in [1.807, 2.05) is 42.7 Å². The second-order valence-electron chi connectivity index (χ2n) is 6.88. The van der Waals surface area contributed by atoms with Gasteiger partial charge >= 0.3 is 0 Å². The Balaban J connectivity index is 1.48. The number of hydrogen-bond acceptors (Lipinski definition) is 5. The van der Waals surface area contributed by atoms with Crippen LogP contribution in [0.5, 0.6) is 0 Å². The number of nitrogens with one attached hydrogen (secondary N) is 1. The number of hydrogen-bond donors (Lipinski definition) is 1. The number of anilines is 1. The summed E-state index contributed by atoms with van der Waals surface area (Å²) in [5.41, 5.74) is 3.00. The van der Waals surface area contributed by atoms with Crippen molar-refractivity contribution in [2.75, 3.05) is 51.3 Å². The van der Waals surface area contributed by atoms with Gasteiger partial charge in [0.05, 0.1) is 18.5 Å². The topological polar surface area (TPSA) is 57.3 Å². The molecule has 1 aliphatic heterocycles. The summed E-state index contributed by atoms with van der Waals surface area (Å²) in [6.45, 7) is 5.74. The van der Waals surface area contributed by atoms with Gasteiger partial charge in [-0.15, -0.1) is 0 Å². The third-order valence-corrected chi connectivity index (χ3v) is 5.27. The highest BCUT2D eigenvalue weighted by Gasteiger charge is 2.18. The van der Waals surface area contributed by atoms with Crippen LogP contribution in [0.25, 0.3) is 22.6 Å². The number of ether oxygens (including phenoxy) is 1. The Hall–Kier alpha value is -2.41. The summed E-state index contributed by atoms with van der Waals surface area (Å²) in [7, 11) is 1.75. The zero-order valence-corrected chi connectivity index (χ0v) is 16.7. The van der Waals surface area contributed by atoms with Crippen molar-refractivity contribution in [2.45, 2.75) is 0 Å². The van der Waals surface area contributed by atoms with E-state index in [1.165, 1.54) is 0 Å². The lowest BCUT2D eigenvalue weighted by Gasteiger charge is -2.35. The molecule has 0 bridgehead atoms. The second kappa shape index (κ2) is 8.73. The van der Waals surface area contributed by atoms with Crippen molar-refractivity contribution in [1.29, 1.82) is 0 Å². The van der Waals surface area contributed by atoms with Gasteiger partial charge in [0.15, 0.2) is 0 Å². The maximum absolute atomic E-state index is 6.11. The van der Waals surface area contributed by atoms with E-state index in [4.69, 9.17) is 16.3 Å². The van der Waals surface area contributed by atoms with Gasteiger partial charge in [0, 0.05) is 62.2 Å². The summed E-state index contributed by atoms with van der Waals surface area (Å²) in [6, 6.07) is 11.8. The molecule has 28 heavy (non-hydrogen) atoms. The summed E-state index contributed by atoms with van der Waals surface area (Å²) in [6.07, 6.45) is 3.69. The summed E-state index contributed by atoms with van der Waals surface area (Å²) in [4.78, 5) is 17.3. The van der Waals surface area contributed by atoms with E-state index in [2.05, 4.69) is 30.8 Å². The molecule has 1 saturated heterocycles. The lowest BCUT2D eigenvalue weighted by atomic mass is 10.2. The Bertz CT molecular complexity index is 920. The van der Waals surface area contributed by atoms with E-state index >= 15 is 0 Å². The van der Waals surface area contributed by atoms with E-state index in [1.54, 1.807) is 7.11 Å². The molecule has 4 rings (SSSR count). The highest BCUT2D eigenvalue weighted by Crippen LogP contribution is 2.26. The fraction of sp³-hybridized carbons (Fsp3) is 0.333. The third-order valence-electron chi connectivity index (χ3n) is 5.04. The number of aromatic amines is 1. The van der Waals surface area contributed by atoms with Gasteiger partial charge in [0.25, 0.3) is 0 Å². The number of nitrogens with zero attached hydrogens (tertiary/aromatic N) is 4. The van der Waals surface area contributed by atoms with Crippen LogP contribution in [0.2, 0.25) is 5.02 Å². The molecule has 3 aromatic rings. The number of H-pyrrole nitrogens is 1. The first kappa shape index (κ1) is 18.9. The van der Waals surface area contributed by atoms with Gasteiger partial charge in [-0.05, 0) is 24.3 Å². The van der Waals surface area contributed by atoms with E-state index in [-0.39, 0.29) is 0 Å². The number of benzene rings is 1. The zero-order chi connectivity index (χ0) is 19.3. The lowest BCUT2D eigenvalue weighted by molar-refractivity contribution is 0.144. The fourth-order valence-corrected chi connectivity index (χ4v) is 3.62. The van der Waals surface area contributed by atoms with Crippen LogP contribution in [-0.2, 0) is 4.74 Å². The summed E-state index contributed by atoms with van der Waals surface area (Å²) >= 11 is 6.11. The van der Waals surface area contributed by atoms with Crippen molar-refractivity contribution < 1.29 is 4.74 Å². The van der Waals surface area contributed by atoms with Gasteiger partial charge < -0.3 is 14.6 Å². The molecule has 146 valence electrons. The van der Waals surface area contributed by atoms with Gasteiger partial charge in [-0.25, -0.2) is 9.97 Å². The van der Waals surface area contributed by atoms with Crippen LogP contribution < -0.4 is 4.90 Å². The van der Waals surface area contributed by atoms with Crippen molar-refractivity contribution >= 4 is 17.4 Å². The molecule has 0 amide bonds. The molecular formula is C21H24ClN5O. The van der Waals surface area contributed by atoms with E-state index in [0.29, 0.717) is 5.02 Å². The Kier molecular flexibility index (Phi) is 5.90. The smallest absolute Gasteiger partial charge is 0.137 e. The van der Waals surface area contributed by atoms with E-state index < -0.39 is 0 Å². The average molecular weight is 398 g/mol. The van der Waals surface area contributed by atoms with Crippen molar-refractivity contribution in [3.8, 4) is 22.6 Å². The number of pyridine rings is 1. The van der Waals surface area contributed by atoms with Gasteiger partial charge in [-0.1, -0.05) is 23.7 Å². The predicted molar refractivity (Wildman–Crippen MR) is 113 cm³/mol. The highest BCUT2D eigenvalue weighted by atomic mass is 35.5. The quantitative estimate of drug-likeness (QED) is 0.689. The molecule has 1 fully saturated rings. The van der Waals surface area contributed by atoms with Crippen LogP contribution in [0.3, 0.4) is 0 Å². The minimum Gasteiger partial charge on any atom is -0.383 e. The summed E-state index contributed by atoms with van der Waals surface area (Å²) < 4.78 is 5.18. The van der Waals surface area contributed by atoms with Crippen LogP contribution in [0.1, 0.15) is 0 Å². The minimum absolute atomic E-state index is 0.712. The van der Waals surface area contributed by atoms with Crippen molar-refractivity contribution in [3.63, 3.8) is 0 Å². The number of rotatable bonds is 6. The van der Waals surface area contributed by atoms with Crippen molar-refractivity contribution in [1.82, 2.24) is 19.9 Å². The first-order chi connectivity index (χ1) is 13.7. The molecule has 0 radical (unpaired) electrons.